The van der Waals surface area contributed by atoms with Crippen LogP contribution in [0.1, 0.15) is 22.3 Å². The Kier molecular flexibility index (Phi) is 8.88. The Morgan fingerprint density at radius 2 is 1.37 bits per heavy atom. The van der Waals surface area contributed by atoms with Crippen molar-refractivity contribution in [1.29, 1.82) is 0 Å². The van der Waals surface area contributed by atoms with E-state index < -0.39 is 44.2 Å². The molecule has 0 aliphatic carbocycles. The van der Waals surface area contributed by atoms with Gasteiger partial charge in [-0.15, -0.1) is 0 Å². The molecule has 0 unspecified atom stereocenters. The van der Waals surface area contributed by atoms with Crippen LogP contribution in [0, 0.1) is 20.8 Å². The van der Waals surface area contributed by atoms with E-state index in [0.29, 0.717) is 16.1 Å². The van der Waals surface area contributed by atoms with Crippen LogP contribution in [-0.4, -0.2) is 29.3 Å². The molecule has 8 nitrogen and oxygen atoms in total. The number of carbonyl (C=O) groups excluding carboxylic acids is 1. The largest absolute Gasteiger partial charge is 0.416 e. The standard InChI is InChI=1S/C30H28F3N3O5S2/c1-20-7-12-27(13-8-20)43(40,41)36(25-6-4-5-23(18-25)30(31,32)33)19-29(37)34-24-10-14-26(15-11-24)42(38,39)35-28-16-9-21(2)17-22(28)3/h4-18,35H,19H2,1-3H3,(H,34,37). The monoisotopic (exact) mass is 631 g/mol. The summed E-state index contributed by atoms with van der Waals surface area (Å²) in [7, 11) is -8.43. The number of amides is 1. The molecule has 226 valence electrons. The summed E-state index contributed by atoms with van der Waals surface area (Å²) in [6, 6.07) is 19.7. The molecular weight excluding hydrogens is 603 g/mol. The lowest BCUT2D eigenvalue weighted by Crippen LogP contribution is -2.38. The molecule has 13 heteroatoms. The van der Waals surface area contributed by atoms with Crippen LogP contribution < -0.4 is 14.3 Å². The third kappa shape index (κ3) is 7.54. The van der Waals surface area contributed by atoms with Crippen molar-refractivity contribution in [2.75, 3.05) is 20.9 Å². The van der Waals surface area contributed by atoms with Crippen molar-refractivity contribution in [3.63, 3.8) is 0 Å². The van der Waals surface area contributed by atoms with Crippen LogP contribution in [0.15, 0.2) is 101 Å². The maximum atomic E-state index is 13.5. The Balaban J connectivity index is 1.58. The molecule has 0 saturated carbocycles. The van der Waals surface area contributed by atoms with Crippen molar-refractivity contribution in [3.05, 3.63) is 113 Å². The number of hydrogen-bond donors (Lipinski definition) is 2. The molecule has 0 spiro atoms. The van der Waals surface area contributed by atoms with Crippen LogP contribution in [0.5, 0.6) is 0 Å². The van der Waals surface area contributed by atoms with Gasteiger partial charge in [-0.05, 0) is 87.0 Å². The number of sulfonamides is 2. The van der Waals surface area contributed by atoms with Gasteiger partial charge in [0.25, 0.3) is 20.0 Å². The van der Waals surface area contributed by atoms with E-state index >= 15 is 0 Å². The number of hydrogen-bond acceptors (Lipinski definition) is 5. The zero-order valence-corrected chi connectivity index (χ0v) is 24.9. The maximum absolute atomic E-state index is 13.5. The van der Waals surface area contributed by atoms with Crippen LogP contribution >= 0.6 is 0 Å². The molecule has 0 atom stereocenters. The Morgan fingerprint density at radius 3 is 1.98 bits per heavy atom. The first kappa shape index (κ1) is 31.6. The van der Waals surface area contributed by atoms with Crippen molar-refractivity contribution < 1.29 is 34.8 Å². The lowest BCUT2D eigenvalue weighted by Gasteiger charge is -2.25. The molecule has 4 aromatic carbocycles. The van der Waals surface area contributed by atoms with Crippen LogP contribution in [0.25, 0.3) is 0 Å². The van der Waals surface area contributed by atoms with Gasteiger partial charge in [0, 0.05) is 5.69 Å². The van der Waals surface area contributed by atoms with E-state index in [1.54, 1.807) is 26.0 Å². The van der Waals surface area contributed by atoms with Crippen LogP contribution in [0.3, 0.4) is 0 Å². The van der Waals surface area contributed by atoms with E-state index in [4.69, 9.17) is 0 Å². The van der Waals surface area contributed by atoms with Crippen LogP contribution in [0.2, 0.25) is 0 Å². The molecule has 1 amide bonds. The second-order valence-corrected chi connectivity index (χ2v) is 13.4. The average Bonchev–Trinajstić information content (AvgIpc) is 2.93. The SMILES string of the molecule is Cc1ccc(S(=O)(=O)N(CC(=O)Nc2ccc(S(=O)(=O)Nc3ccc(C)cc3C)cc2)c2cccc(C(F)(F)F)c2)cc1. The molecule has 0 bridgehead atoms. The van der Waals surface area contributed by atoms with Gasteiger partial charge in [-0.2, -0.15) is 13.2 Å². The van der Waals surface area contributed by atoms with E-state index in [1.165, 1.54) is 48.5 Å². The summed E-state index contributed by atoms with van der Waals surface area (Å²) in [6.07, 6.45) is -4.74. The normalized spacial score (nSPS) is 12.0. The van der Waals surface area contributed by atoms with E-state index in [0.717, 1.165) is 34.9 Å². The van der Waals surface area contributed by atoms with Gasteiger partial charge in [0.05, 0.1) is 26.7 Å². The van der Waals surface area contributed by atoms with Crippen molar-refractivity contribution >= 4 is 43.0 Å². The van der Waals surface area contributed by atoms with Crippen molar-refractivity contribution in [1.82, 2.24) is 0 Å². The van der Waals surface area contributed by atoms with Gasteiger partial charge in [-0.25, -0.2) is 16.8 Å². The number of rotatable bonds is 9. The fourth-order valence-corrected chi connectivity index (χ4v) is 6.71. The van der Waals surface area contributed by atoms with Gasteiger partial charge in [0.2, 0.25) is 5.91 Å². The fourth-order valence-electron chi connectivity index (χ4n) is 4.17. The highest BCUT2D eigenvalue weighted by atomic mass is 32.2. The molecule has 4 aromatic rings. The topological polar surface area (TPSA) is 113 Å². The Bertz CT molecular complexity index is 1860. The lowest BCUT2D eigenvalue weighted by atomic mass is 10.1. The molecule has 0 aromatic heterocycles. The first-order valence-corrected chi connectivity index (χ1v) is 15.8. The molecule has 0 radical (unpaired) electrons. The third-order valence-electron chi connectivity index (χ3n) is 6.43. The van der Waals surface area contributed by atoms with Crippen molar-refractivity contribution in [3.8, 4) is 0 Å². The summed E-state index contributed by atoms with van der Waals surface area (Å²) in [5.41, 5.74) is 1.58. The van der Waals surface area contributed by atoms with E-state index in [9.17, 15) is 34.8 Å². The van der Waals surface area contributed by atoms with Gasteiger partial charge in [0.15, 0.2) is 0 Å². The molecule has 43 heavy (non-hydrogen) atoms. The van der Waals surface area contributed by atoms with Crippen LogP contribution in [-0.2, 0) is 31.0 Å². The average molecular weight is 632 g/mol. The summed E-state index contributed by atoms with van der Waals surface area (Å²) in [5, 5.41) is 2.48. The van der Waals surface area contributed by atoms with Gasteiger partial charge in [-0.1, -0.05) is 41.5 Å². The predicted molar refractivity (Wildman–Crippen MR) is 159 cm³/mol. The van der Waals surface area contributed by atoms with Crippen LogP contribution in [0.4, 0.5) is 30.2 Å². The second kappa shape index (κ2) is 12.1. The number of aryl methyl sites for hydroxylation is 3. The molecule has 0 saturated heterocycles. The number of benzene rings is 4. The highest BCUT2D eigenvalue weighted by Gasteiger charge is 2.33. The first-order chi connectivity index (χ1) is 20.1. The molecular formula is C30H28F3N3O5S2. The number of halogens is 3. The minimum Gasteiger partial charge on any atom is -0.325 e. The number of nitrogens with one attached hydrogen (secondary N) is 2. The minimum atomic E-state index is -4.74. The highest BCUT2D eigenvalue weighted by molar-refractivity contribution is 7.93. The number of carbonyl (C=O) groups is 1. The summed E-state index contributed by atoms with van der Waals surface area (Å²) in [4.78, 5) is 12.7. The van der Waals surface area contributed by atoms with Gasteiger partial charge < -0.3 is 5.32 Å². The van der Waals surface area contributed by atoms with E-state index in [-0.39, 0.29) is 21.2 Å². The summed E-state index contributed by atoms with van der Waals surface area (Å²) in [6.45, 7) is 4.54. The minimum absolute atomic E-state index is 0.0852. The Labute approximate surface area is 248 Å². The summed E-state index contributed by atoms with van der Waals surface area (Å²) in [5.74, 6) is -0.864. The maximum Gasteiger partial charge on any atom is 0.416 e. The zero-order chi connectivity index (χ0) is 31.6. The highest BCUT2D eigenvalue weighted by Crippen LogP contribution is 2.33. The predicted octanol–water partition coefficient (Wildman–Crippen LogP) is 6.27. The summed E-state index contributed by atoms with van der Waals surface area (Å²) >= 11 is 0. The molecule has 0 heterocycles. The van der Waals surface area contributed by atoms with Gasteiger partial charge >= 0.3 is 6.18 Å². The zero-order valence-electron chi connectivity index (χ0n) is 23.3. The second-order valence-electron chi connectivity index (χ2n) is 9.87. The van der Waals surface area contributed by atoms with E-state index in [1.807, 2.05) is 13.0 Å². The Morgan fingerprint density at radius 1 is 0.767 bits per heavy atom. The fraction of sp³-hybridized carbons (Fsp3) is 0.167. The van der Waals surface area contributed by atoms with Gasteiger partial charge in [0.1, 0.15) is 6.54 Å². The quantitative estimate of drug-likeness (QED) is 0.226. The number of anilines is 3. The number of alkyl halides is 3. The molecule has 2 N–H and O–H groups in total. The molecule has 0 fully saturated rings. The smallest absolute Gasteiger partial charge is 0.325 e. The number of nitrogens with zero attached hydrogens (tertiary/aromatic N) is 1. The Hall–Kier alpha value is -4.36. The van der Waals surface area contributed by atoms with Crippen molar-refractivity contribution in [2.24, 2.45) is 0 Å². The lowest BCUT2D eigenvalue weighted by molar-refractivity contribution is -0.137. The molecule has 0 aliphatic heterocycles. The first-order valence-electron chi connectivity index (χ1n) is 12.8. The van der Waals surface area contributed by atoms with E-state index in [2.05, 4.69) is 10.0 Å². The van der Waals surface area contributed by atoms with Gasteiger partial charge in [-0.3, -0.25) is 13.8 Å². The summed E-state index contributed by atoms with van der Waals surface area (Å²) < 4.78 is 96.2. The third-order valence-corrected chi connectivity index (χ3v) is 9.60. The van der Waals surface area contributed by atoms with Crippen molar-refractivity contribution in [2.45, 2.75) is 36.7 Å². The molecule has 0 aliphatic rings. The molecule has 4 rings (SSSR count).